The minimum atomic E-state index is -4.82. The summed E-state index contributed by atoms with van der Waals surface area (Å²) in [5.41, 5.74) is -2.92. The van der Waals surface area contributed by atoms with Gasteiger partial charge in [-0.05, 0) is 77.4 Å². The molecule has 0 amide bonds. The number of rotatable bonds is 7. The number of piperazine rings is 1. The second-order valence-electron chi connectivity index (χ2n) is 12.0. The van der Waals surface area contributed by atoms with Gasteiger partial charge in [-0.2, -0.15) is 22.2 Å². The van der Waals surface area contributed by atoms with Gasteiger partial charge >= 0.3 is 6.18 Å². The van der Waals surface area contributed by atoms with Crippen molar-refractivity contribution in [2.24, 2.45) is 0 Å². The predicted octanol–water partition coefficient (Wildman–Crippen LogP) is 6.10. The van der Waals surface area contributed by atoms with E-state index in [2.05, 4.69) is 20.5 Å². The number of halogens is 7. The van der Waals surface area contributed by atoms with Crippen LogP contribution >= 0.6 is 0 Å². The highest BCUT2D eigenvalue weighted by Gasteiger charge is 2.39. The molecule has 256 valence electrons. The van der Waals surface area contributed by atoms with Crippen LogP contribution in [0.3, 0.4) is 0 Å². The molecule has 1 aliphatic rings. The molecule has 1 aliphatic heterocycles. The normalized spacial score (nSPS) is 14.8. The molecule has 3 aromatic carbocycles. The van der Waals surface area contributed by atoms with Crippen LogP contribution < -0.4 is 9.80 Å². The molecule has 6 rings (SSSR count). The molecule has 3 heterocycles. The zero-order valence-electron chi connectivity index (χ0n) is 25.9. The lowest BCUT2D eigenvalue weighted by molar-refractivity contribution is -0.206. The summed E-state index contributed by atoms with van der Waals surface area (Å²) < 4.78 is 102. The Labute approximate surface area is 274 Å². The summed E-state index contributed by atoms with van der Waals surface area (Å²) in [6.45, 7) is 3.97. The van der Waals surface area contributed by atoms with E-state index in [1.807, 2.05) is 9.80 Å². The number of aliphatic hydroxyl groups excluding tert-OH is 1. The molecule has 1 atom stereocenters. The number of aliphatic hydroxyl groups is 2. The van der Waals surface area contributed by atoms with Gasteiger partial charge in [0.25, 0.3) is 0 Å². The first-order valence-corrected chi connectivity index (χ1v) is 14.9. The summed E-state index contributed by atoms with van der Waals surface area (Å²) >= 11 is 0. The summed E-state index contributed by atoms with van der Waals surface area (Å²) in [6.07, 6.45) is -6.41. The Morgan fingerprint density at radius 1 is 0.796 bits per heavy atom. The van der Waals surface area contributed by atoms with Crippen LogP contribution in [0.2, 0.25) is 0 Å². The molecule has 1 fully saturated rings. The maximum atomic E-state index is 16.5. The van der Waals surface area contributed by atoms with E-state index >= 15 is 13.2 Å². The molecule has 0 aliphatic carbocycles. The van der Waals surface area contributed by atoms with E-state index < -0.39 is 58.2 Å². The fourth-order valence-corrected chi connectivity index (χ4v) is 5.83. The van der Waals surface area contributed by atoms with Crippen LogP contribution in [0.5, 0.6) is 0 Å². The first-order valence-electron chi connectivity index (χ1n) is 14.9. The van der Waals surface area contributed by atoms with Gasteiger partial charge in [-0.1, -0.05) is 18.2 Å². The minimum Gasteiger partial charge on any atom is -0.384 e. The Balaban J connectivity index is 1.39. The highest BCUT2D eigenvalue weighted by molar-refractivity contribution is 5.87. The smallest absolute Gasteiger partial charge is 0.384 e. The summed E-state index contributed by atoms with van der Waals surface area (Å²) in [4.78, 5) is 7.61. The topological polar surface area (TPSA) is 103 Å². The van der Waals surface area contributed by atoms with Crippen molar-refractivity contribution in [2.75, 3.05) is 36.0 Å². The molecule has 2 N–H and O–H groups in total. The molecule has 49 heavy (non-hydrogen) atoms. The van der Waals surface area contributed by atoms with E-state index in [0.29, 0.717) is 43.6 Å². The summed E-state index contributed by atoms with van der Waals surface area (Å²) in [7, 11) is 0. The number of nitrogens with zero attached hydrogens (tertiary/aromatic N) is 7. The van der Waals surface area contributed by atoms with E-state index in [1.165, 1.54) is 44.2 Å². The van der Waals surface area contributed by atoms with Gasteiger partial charge in [-0.15, -0.1) is 5.10 Å². The molecular formula is C33H28F7N7O2. The van der Waals surface area contributed by atoms with Gasteiger partial charge in [0.2, 0.25) is 5.95 Å². The number of aromatic nitrogens is 5. The Bertz CT molecular complexity index is 1990. The Morgan fingerprint density at radius 2 is 1.45 bits per heavy atom. The average molecular weight is 688 g/mol. The number of alkyl halides is 3. The fraction of sp³-hybridized carbons (Fsp3) is 0.273. The average Bonchev–Trinajstić information content (AvgIpc) is 3.58. The van der Waals surface area contributed by atoms with Crippen LogP contribution in [0, 0.1) is 23.4 Å². The number of tetrazole rings is 1. The van der Waals surface area contributed by atoms with Crippen molar-refractivity contribution in [3.05, 3.63) is 102 Å². The SMILES string of the molecule is CC(C)(O)c1nc(F)c(-c2ccc(N3CCN(c4cccc([C@@H](O)C(F)(F)F)c4)CC3)cc2-c2ccc(F)cc2F)c(F)c1-n1cnnn1. The summed E-state index contributed by atoms with van der Waals surface area (Å²) in [5.74, 6) is -4.36. The predicted molar refractivity (Wildman–Crippen MR) is 165 cm³/mol. The van der Waals surface area contributed by atoms with E-state index in [9.17, 15) is 27.8 Å². The van der Waals surface area contributed by atoms with Crippen molar-refractivity contribution in [1.82, 2.24) is 25.2 Å². The van der Waals surface area contributed by atoms with E-state index in [1.54, 1.807) is 12.1 Å². The molecule has 0 saturated carbocycles. The number of hydrogen-bond acceptors (Lipinski definition) is 8. The van der Waals surface area contributed by atoms with Crippen molar-refractivity contribution < 1.29 is 40.9 Å². The number of hydrogen-bond donors (Lipinski definition) is 2. The van der Waals surface area contributed by atoms with Crippen molar-refractivity contribution in [3.63, 3.8) is 0 Å². The molecule has 1 saturated heterocycles. The summed E-state index contributed by atoms with van der Waals surface area (Å²) in [5, 5.41) is 31.1. The van der Waals surface area contributed by atoms with Crippen LogP contribution in [0.25, 0.3) is 27.9 Å². The first kappa shape index (κ1) is 33.8. The third-order valence-electron chi connectivity index (χ3n) is 8.23. The van der Waals surface area contributed by atoms with Gasteiger partial charge in [0.05, 0.1) is 5.56 Å². The minimum absolute atomic E-state index is 0.00421. The van der Waals surface area contributed by atoms with Gasteiger partial charge in [0.1, 0.15) is 34.9 Å². The third-order valence-corrected chi connectivity index (χ3v) is 8.23. The molecule has 2 aromatic heterocycles. The lowest BCUT2D eigenvalue weighted by Crippen LogP contribution is -2.46. The zero-order valence-corrected chi connectivity index (χ0v) is 25.9. The molecule has 0 bridgehead atoms. The number of anilines is 2. The fourth-order valence-electron chi connectivity index (χ4n) is 5.83. The Hall–Kier alpha value is -5.09. The molecule has 5 aromatic rings. The van der Waals surface area contributed by atoms with E-state index in [4.69, 9.17) is 0 Å². The standard InChI is InChI=1S/C33H28F7N7O2/c1-32(2,49)29-28(47-17-41-43-44-47)27(36)26(31(37)42-29)23-9-7-21(16-24(23)22-8-6-19(34)15-25(22)35)46-12-10-45(11-13-46)20-5-3-4-18(14-20)30(48)33(38,39)40/h3-9,14-17,30,48-49H,10-13H2,1-2H3/t30-/m1/s1. The van der Waals surface area contributed by atoms with Gasteiger partial charge in [0.15, 0.2) is 11.9 Å². The van der Waals surface area contributed by atoms with Gasteiger partial charge in [0, 0.05) is 49.2 Å². The molecule has 0 unspecified atom stereocenters. The molecular weight excluding hydrogens is 659 g/mol. The number of pyridine rings is 1. The van der Waals surface area contributed by atoms with Crippen LogP contribution in [0.4, 0.5) is 42.1 Å². The maximum absolute atomic E-state index is 16.5. The van der Waals surface area contributed by atoms with Crippen molar-refractivity contribution in [3.8, 4) is 27.9 Å². The number of benzene rings is 3. The molecule has 16 heteroatoms. The van der Waals surface area contributed by atoms with Gasteiger partial charge in [-0.3, -0.25) is 0 Å². The quantitative estimate of drug-likeness (QED) is 0.157. The summed E-state index contributed by atoms with van der Waals surface area (Å²) in [6, 6.07) is 12.8. The van der Waals surface area contributed by atoms with E-state index in [-0.39, 0.29) is 22.3 Å². The third kappa shape index (κ3) is 6.65. The second kappa shape index (κ2) is 12.7. The Kier molecular flexibility index (Phi) is 8.79. The second-order valence-corrected chi connectivity index (χ2v) is 12.0. The van der Waals surface area contributed by atoms with Crippen molar-refractivity contribution in [2.45, 2.75) is 31.7 Å². The van der Waals surface area contributed by atoms with E-state index in [0.717, 1.165) is 23.1 Å². The van der Waals surface area contributed by atoms with Crippen molar-refractivity contribution >= 4 is 11.4 Å². The molecule has 9 nitrogen and oxygen atoms in total. The highest BCUT2D eigenvalue weighted by atomic mass is 19.4. The Morgan fingerprint density at radius 3 is 2.04 bits per heavy atom. The van der Waals surface area contributed by atoms with Crippen LogP contribution in [0.1, 0.15) is 31.2 Å². The first-order chi connectivity index (χ1) is 23.1. The maximum Gasteiger partial charge on any atom is 0.418 e. The van der Waals surface area contributed by atoms with Gasteiger partial charge in [-0.25, -0.2) is 18.2 Å². The van der Waals surface area contributed by atoms with Gasteiger partial charge < -0.3 is 20.0 Å². The van der Waals surface area contributed by atoms with Crippen LogP contribution in [-0.2, 0) is 5.60 Å². The van der Waals surface area contributed by atoms with Crippen LogP contribution in [-0.4, -0.2) is 67.8 Å². The lowest BCUT2D eigenvalue weighted by Gasteiger charge is -2.38. The largest absolute Gasteiger partial charge is 0.418 e. The molecule has 0 radical (unpaired) electrons. The monoisotopic (exact) mass is 687 g/mol. The highest BCUT2D eigenvalue weighted by Crippen LogP contribution is 2.42. The lowest BCUT2D eigenvalue weighted by atomic mass is 9.92. The van der Waals surface area contributed by atoms with Crippen molar-refractivity contribution in [1.29, 1.82) is 0 Å². The van der Waals surface area contributed by atoms with Crippen LogP contribution in [0.15, 0.2) is 67.0 Å². The zero-order chi connectivity index (χ0) is 35.2. The molecule has 0 spiro atoms.